The van der Waals surface area contributed by atoms with E-state index in [-0.39, 0.29) is 25.5 Å². The molecule has 26 heavy (non-hydrogen) atoms. The fraction of sp³-hybridized carbons (Fsp3) is 0.294. The molecule has 9 heteroatoms. The lowest BCUT2D eigenvalue weighted by molar-refractivity contribution is 0.0519. The molecule has 0 amide bonds. The number of aliphatic hydroxyl groups excluding tert-OH is 3. The Hall–Kier alpha value is -2.20. The maximum absolute atomic E-state index is 12.1. The van der Waals surface area contributed by atoms with Gasteiger partial charge >= 0.3 is 5.97 Å². The molecule has 0 saturated carbocycles. The van der Waals surface area contributed by atoms with E-state index in [9.17, 15) is 20.1 Å². The van der Waals surface area contributed by atoms with Gasteiger partial charge in [-0.05, 0) is 45.1 Å². The van der Waals surface area contributed by atoms with Crippen LogP contribution in [0.1, 0.15) is 39.8 Å². The third-order valence-electron chi connectivity index (χ3n) is 3.92. The van der Waals surface area contributed by atoms with Crippen LogP contribution in [0.15, 0.2) is 21.8 Å². The molecule has 1 aromatic carbocycles. The first-order valence-corrected chi connectivity index (χ1v) is 8.55. The zero-order valence-electron chi connectivity index (χ0n) is 14.0. The van der Waals surface area contributed by atoms with E-state index in [1.807, 2.05) is 0 Å². The van der Waals surface area contributed by atoms with E-state index in [0.29, 0.717) is 38.0 Å². The molecule has 0 saturated heterocycles. The van der Waals surface area contributed by atoms with Crippen molar-refractivity contribution in [1.29, 1.82) is 0 Å². The van der Waals surface area contributed by atoms with Crippen LogP contribution in [0.4, 0.5) is 0 Å². The van der Waals surface area contributed by atoms with Gasteiger partial charge in [0.05, 0.1) is 42.8 Å². The first kappa shape index (κ1) is 20.1. The van der Waals surface area contributed by atoms with Crippen molar-refractivity contribution in [3.63, 3.8) is 0 Å². The lowest BCUT2D eigenvalue weighted by atomic mass is 9.92. The van der Waals surface area contributed by atoms with Gasteiger partial charge in [0.1, 0.15) is 5.69 Å². The summed E-state index contributed by atoms with van der Waals surface area (Å²) in [6.07, 6.45) is 1.11. The second-order valence-electron chi connectivity index (χ2n) is 5.27. The maximum atomic E-state index is 12.1. The zero-order chi connectivity index (χ0) is 19.3. The summed E-state index contributed by atoms with van der Waals surface area (Å²) in [6.45, 7) is 0.787. The van der Waals surface area contributed by atoms with Crippen LogP contribution in [-0.4, -0.2) is 44.3 Å². The third-order valence-corrected chi connectivity index (χ3v) is 4.71. The minimum Gasteiger partial charge on any atom is -0.461 e. The molecule has 0 aliphatic rings. The van der Waals surface area contributed by atoms with Crippen molar-refractivity contribution in [1.82, 2.24) is 4.98 Å². The highest BCUT2D eigenvalue weighted by atomic mass is 79.9. The lowest BCUT2D eigenvalue weighted by Gasteiger charge is -2.15. The number of carbonyl (C=O) groups is 1. The second-order valence-corrected chi connectivity index (χ2v) is 6.06. The van der Waals surface area contributed by atoms with Gasteiger partial charge in [-0.15, -0.1) is 0 Å². The number of hydrogen-bond acceptors (Lipinski definition) is 7. The van der Waals surface area contributed by atoms with Crippen LogP contribution in [0.5, 0.6) is 0 Å². The molecular weight excluding hydrogens is 408 g/mol. The van der Waals surface area contributed by atoms with Crippen LogP contribution < -0.4 is 0 Å². The van der Waals surface area contributed by atoms with Gasteiger partial charge < -0.3 is 30.2 Å². The van der Waals surface area contributed by atoms with Crippen molar-refractivity contribution in [2.24, 2.45) is 5.16 Å². The highest BCUT2D eigenvalue weighted by Crippen LogP contribution is 2.38. The SMILES string of the molecule is CCOC(=O)c1[nH]c(/C=N/O)c(-c2ccc(CO)c(CO)c2CO)c1Br. The number of aliphatic hydroxyl groups is 3. The number of oxime groups is 1. The number of benzene rings is 1. The van der Waals surface area contributed by atoms with Gasteiger partial charge in [0.2, 0.25) is 0 Å². The van der Waals surface area contributed by atoms with Crippen LogP contribution in [0.2, 0.25) is 0 Å². The minimum absolute atomic E-state index is 0.123. The van der Waals surface area contributed by atoms with Crippen molar-refractivity contribution in [2.45, 2.75) is 26.7 Å². The topological polar surface area (TPSA) is 135 Å². The number of ether oxygens (including phenoxy) is 1. The molecule has 0 aliphatic carbocycles. The molecule has 140 valence electrons. The summed E-state index contributed by atoms with van der Waals surface area (Å²) in [5, 5.41) is 40.9. The molecule has 5 N–H and O–H groups in total. The average molecular weight is 427 g/mol. The smallest absolute Gasteiger partial charge is 0.355 e. The monoisotopic (exact) mass is 426 g/mol. The molecule has 2 rings (SSSR count). The molecule has 0 bridgehead atoms. The normalized spacial score (nSPS) is 11.3. The van der Waals surface area contributed by atoms with Crippen LogP contribution in [0.25, 0.3) is 11.1 Å². The summed E-state index contributed by atoms with van der Waals surface area (Å²) in [5.74, 6) is -0.599. The fourth-order valence-corrected chi connectivity index (χ4v) is 3.45. The fourth-order valence-electron chi connectivity index (χ4n) is 2.76. The van der Waals surface area contributed by atoms with E-state index in [2.05, 4.69) is 26.1 Å². The van der Waals surface area contributed by atoms with Gasteiger partial charge in [-0.1, -0.05) is 17.3 Å². The van der Waals surface area contributed by atoms with E-state index in [0.717, 1.165) is 6.21 Å². The van der Waals surface area contributed by atoms with E-state index in [4.69, 9.17) is 9.94 Å². The van der Waals surface area contributed by atoms with Crippen molar-refractivity contribution in [3.05, 3.63) is 44.7 Å². The summed E-state index contributed by atoms with van der Waals surface area (Å²) in [4.78, 5) is 15.0. The quantitative estimate of drug-likeness (QED) is 0.198. The Kier molecular flexibility index (Phi) is 6.92. The van der Waals surface area contributed by atoms with Crippen LogP contribution in [0, 0.1) is 0 Å². The number of H-pyrrole nitrogens is 1. The summed E-state index contributed by atoms with van der Waals surface area (Å²) < 4.78 is 5.36. The number of nitrogens with one attached hydrogen (secondary N) is 1. The van der Waals surface area contributed by atoms with Gasteiger partial charge in [0.25, 0.3) is 0 Å². The van der Waals surface area contributed by atoms with Crippen molar-refractivity contribution in [2.75, 3.05) is 6.61 Å². The Morgan fingerprint density at radius 3 is 2.46 bits per heavy atom. The first-order valence-electron chi connectivity index (χ1n) is 7.76. The van der Waals surface area contributed by atoms with Gasteiger partial charge in [-0.3, -0.25) is 0 Å². The number of nitrogens with zero attached hydrogens (tertiary/aromatic N) is 1. The Balaban J connectivity index is 2.77. The molecule has 0 unspecified atom stereocenters. The highest BCUT2D eigenvalue weighted by Gasteiger charge is 2.25. The van der Waals surface area contributed by atoms with E-state index >= 15 is 0 Å². The number of rotatable bonds is 7. The van der Waals surface area contributed by atoms with Crippen molar-refractivity contribution in [3.8, 4) is 11.1 Å². The minimum atomic E-state index is -0.599. The number of halogens is 1. The lowest BCUT2D eigenvalue weighted by Crippen LogP contribution is -2.06. The Bertz CT molecular complexity index is 831. The zero-order valence-corrected chi connectivity index (χ0v) is 15.6. The molecule has 0 spiro atoms. The van der Waals surface area contributed by atoms with Crippen LogP contribution in [0.3, 0.4) is 0 Å². The molecule has 8 nitrogen and oxygen atoms in total. The largest absolute Gasteiger partial charge is 0.461 e. The summed E-state index contributed by atoms with van der Waals surface area (Å²) in [6, 6.07) is 3.26. The van der Waals surface area contributed by atoms with Crippen molar-refractivity contribution < 1.29 is 30.1 Å². The Morgan fingerprint density at radius 1 is 1.23 bits per heavy atom. The molecular formula is C17H19BrN2O6. The molecule has 1 aromatic heterocycles. The van der Waals surface area contributed by atoms with Gasteiger partial charge in [0, 0.05) is 5.56 Å². The summed E-state index contributed by atoms with van der Waals surface area (Å²) >= 11 is 3.36. The van der Waals surface area contributed by atoms with Crippen LogP contribution in [-0.2, 0) is 24.6 Å². The maximum Gasteiger partial charge on any atom is 0.355 e. The number of carbonyl (C=O) groups excluding carboxylic acids is 1. The highest BCUT2D eigenvalue weighted by molar-refractivity contribution is 9.10. The third kappa shape index (κ3) is 3.65. The number of esters is 1. The van der Waals surface area contributed by atoms with Gasteiger partial charge in [-0.25, -0.2) is 4.79 Å². The predicted octanol–water partition coefficient (Wildman–Crippen LogP) is 1.91. The van der Waals surface area contributed by atoms with Gasteiger partial charge in [-0.2, -0.15) is 0 Å². The van der Waals surface area contributed by atoms with Gasteiger partial charge in [0.15, 0.2) is 0 Å². The molecule has 0 radical (unpaired) electrons. The number of aromatic amines is 1. The second kappa shape index (κ2) is 8.95. The molecule has 1 heterocycles. The summed E-state index contributed by atoms with van der Waals surface area (Å²) in [5.41, 5.74) is 2.65. The van der Waals surface area contributed by atoms with E-state index < -0.39 is 12.6 Å². The summed E-state index contributed by atoms with van der Waals surface area (Å²) in [7, 11) is 0. The van der Waals surface area contributed by atoms with E-state index in [1.54, 1.807) is 19.1 Å². The van der Waals surface area contributed by atoms with E-state index in [1.165, 1.54) is 0 Å². The molecule has 0 fully saturated rings. The standard InChI is InChI=1S/C17H19BrN2O6/c1-2-26-17(24)16-15(18)14(13(20-16)5-19-25)10-4-3-9(6-21)11(7-22)12(10)8-23/h3-5,20-23,25H,2,6-8H2,1H3/b19-5+. The van der Waals surface area contributed by atoms with Crippen LogP contribution >= 0.6 is 15.9 Å². The number of hydrogen-bond donors (Lipinski definition) is 5. The predicted molar refractivity (Wildman–Crippen MR) is 97.0 cm³/mol. The first-order chi connectivity index (χ1) is 12.5. The number of aromatic nitrogens is 1. The average Bonchev–Trinajstić information content (AvgIpc) is 2.96. The Morgan fingerprint density at radius 2 is 1.92 bits per heavy atom. The molecule has 0 atom stereocenters. The van der Waals surface area contributed by atoms with Crippen molar-refractivity contribution >= 4 is 28.1 Å². The Labute approximate surface area is 157 Å². The molecule has 2 aromatic rings. The molecule has 0 aliphatic heterocycles.